The van der Waals surface area contributed by atoms with Crippen molar-refractivity contribution in [2.75, 3.05) is 24.5 Å². The highest BCUT2D eigenvalue weighted by atomic mass is 32.2. The van der Waals surface area contributed by atoms with E-state index in [0.717, 1.165) is 21.0 Å². The summed E-state index contributed by atoms with van der Waals surface area (Å²) in [5.74, 6) is 0.817. The second kappa shape index (κ2) is 16.7. The lowest BCUT2D eigenvalue weighted by Crippen LogP contribution is -2.53. The second-order valence-corrected chi connectivity index (χ2v) is 13.6. The molecule has 0 bridgehead atoms. The van der Waals surface area contributed by atoms with Crippen molar-refractivity contribution >= 4 is 27.5 Å². The summed E-state index contributed by atoms with van der Waals surface area (Å²) in [6.45, 7) is 3.51. The summed E-state index contributed by atoms with van der Waals surface area (Å²) in [5.41, 5.74) is 2.73. The number of para-hydroxylation sites is 1. The van der Waals surface area contributed by atoms with Gasteiger partial charge in [0.1, 0.15) is 29.8 Å². The highest BCUT2D eigenvalue weighted by Crippen LogP contribution is 2.29. The number of hydrogen-bond donors (Lipinski definition) is 1. The zero-order valence-electron chi connectivity index (χ0n) is 28.4. The molecular formula is C40H41N3O6S. The van der Waals surface area contributed by atoms with E-state index in [9.17, 15) is 18.0 Å². The highest BCUT2D eigenvalue weighted by Gasteiger charge is 2.34. The molecule has 0 aliphatic heterocycles. The Bertz CT molecular complexity index is 1970. The number of carbonyl (C=O) groups excluding carboxylic acids is 2. The number of anilines is 1. The van der Waals surface area contributed by atoms with Crippen molar-refractivity contribution in [2.24, 2.45) is 0 Å². The molecule has 5 aromatic rings. The van der Waals surface area contributed by atoms with Gasteiger partial charge in [-0.05, 0) is 85.6 Å². The van der Waals surface area contributed by atoms with Crippen LogP contribution in [0.3, 0.4) is 0 Å². The van der Waals surface area contributed by atoms with E-state index in [1.165, 1.54) is 17.0 Å². The molecule has 50 heavy (non-hydrogen) atoms. The number of hydrogen-bond acceptors (Lipinski definition) is 6. The van der Waals surface area contributed by atoms with Crippen molar-refractivity contribution < 1.29 is 27.5 Å². The Labute approximate surface area is 294 Å². The Morgan fingerprint density at radius 1 is 0.740 bits per heavy atom. The van der Waals surface area contributed by atoms with Gasteiger partial charge in [0.05, 0.1) is 17.7 Å². The number of nitrogens with zero attached hydrogens (tertiary/aromatic N) is 2. The minimum atomic E-state index is -4.25. The summed E-state index contributed by atoms with van der Waals surface area (Å²) in [7, 11) is -2.69. The first kappa shape index (κ1) is 35.7. The molecule has 0 spiro atoms. The maximum absolute atomic E-state index is 14.7. The number of aryl methyl sites for hydroxylation is 1. The van der Waals surface area contributed by atoms with Gasteiger partial charge in [0, 0.05) is 19.5 Å². The van der Waals surface area contributed by atoms with Crippen LogP contribution in [0.25, 0.3) is 0 Å². The Hall–Kier alpha value is -5.61. The smallest absolute Gasteiger partial charge is 0.264 e. The Morgan fingerprint density at radius 3 is 1.98 bits per heavy atom. The van der Waals surface area contributed by atoms with E-state index in [1.807, 2.05) is 86.6 Å². The van der Waals surface area contributed by atoms with Crippen LogP contribution in [0.1, 0.15) is 23.6 Å². The van der Waals surface area contributed by atoms with Gasteiger partial charge in [-0.25, -0.2) is 8.42 Å². The van der Waals surface area contributed by atoms with Gasteiger partial charge >= 0.3 is 0 Å². The first-order valence-corrected chi connectivity index (χ1v) is 17.8. The van der Waals surface area contributed by atoms with Crippen molar-refractivity contribution in [1.82, 2.24) is 10.2 Å². The minimum Gasteiger partial charge on any atom is -0.497 e. The fourth-order valence-electron chi connectivity index (χ4n) is 5.48. The Kier molecular flexibility index (Phi) is 11.9. The fourth-order valence-corrected chi connectivity index (χ4v) is 6.90. The minimum absolute atomic E-state index is 0.0319. The molecule has 1 unspecified atom stereocenters. The number of amides is 2. The second-order valence-electron chi connectivity index (χ2n) is 11.7. The first-order valence-electron chi connectivity index (χ1n) is 16.3. The van der Waals surface area contributed by atoms with E-state index in [-0.39, 0.29) is 29.5 Å². The van der Waals surface area contributed by atoms with Crippen LogP contribution in [0.5, 0.6) is 17.2 Å². The lowest BCUT2D eigenvalue weighted by atomic mass is 10.0. The normalized spacial score (nSPS) is 11.7. The molecule has 258 valence electrons. The van der Waals surface area contributed by atoms with Crippen LogP contribution in [-0.4, -0.2) is 51.4 Å². The lowest BCUT2D eigenvalue weighted by molar-refractivity contribution is -0.140. The predicted molar refractivity (Wildman–Crippen MR) is 195 cm³/mol. The van der Waals surface area contributed by atoms with Crippen LogP contribution in [0.4, 0.5) is 5.69 Å². The van der Waals surface area contributed by atoms with Gasteiger partial charge in [-0.15, -0.1) is 0 Å². The molecule has 0 saturated carbocycles. The van der Waals surface area contributed by atoms with Crippen LogP contribution in [-0.2, 0) is 32.6 Å². The zero-order valence-corrected chi connectivity index (χ0v) is 29.2. The number of benzene rings is 5. The molecule has 0 saturated heterocycles. The standard InChI is InChI=1S/C40H41N3O6S/c1-4-41-40(45)38(27-31-12-7-5-8-13-31)42(28-32-14-11-17-36(26-32)48-3)39(44)29-43(50(46,47)37-24-18-30(2)19-25-37)33-20-22-35(23-21-33)49-34-15-9-6-10-16-34/h5-26,38H,4,27-29H2,1-3H3,(H,41,45). The van der Waals surface area contributed by atoms with Gasteiger partial charge in [-0.2, -0.15) is 0 Å². The van der Waals surface area contributed by atoms with Crippen LogP contribution >= 0.6 is 0 Å². The van der Waals surface area contributed by atoms with Gasteiger partial charge in [-0.1, -0.05) is 78.4 Å². The number of sulfonamides is 1. The average molecular weight is 692 g/mol. The topological polar surface area (TPSA) is 105 Å². The summed E-state index contributed by atoms with van der Waals surface area (Å²) in [5, 5.41) is 2.88. The monoisotopic (exact) mass is 691 g/mol. The molecule has 0 heterocycles. The number of ether oxygens (including phenoxy) is 2. The molecule has 0 aromatic heterocycles. The summed E-state index contributed by atoms with van der Waals surface area (Å²) in [4.78, 5) is 29.9. The average Bonchev–Trinajstić information content (AvgIpc) is 3.13. The molecule has 1 atom stereocenters. The van der Waals surface area contributed by atoms with E-state index < -0.39 is 28.5 Å². The van der Waals surface area contributed by atoms with Gasteiger partial charge < -0.3 is 19.7 Å². The summed E-state index contributed by atoms with van der Waals surface area (Å²) in [6, 6.07) is 37.9. The molecule has 0 radical (unpaired) electrons. The molecule has 0 fully saturated rings. The van der Waals surface area contributed by atoms with Gasteiger partial charge in [0.2, 0.25) is 11.8 Å². The van der Waals surface area contributed by atoms with Crippen molar-refractivity contribution in [2.45, 2.75) is 37.8 Å². The van der Waals surface area contributed by atoms with E-state index in [4.69, 9.17) is 9.47 Å². The molecule has 1 N–H and O–H groups in total. The Balaban J connectivity index is 1.56. The molecule has 10 heteroatoms. The Morgan fingerprint density at radius 2 is 1.34 bits per heavy atom. The largest absolute Gasteiger partial charge is 0.497 e. The molecule has 5 rings (SSSR count). The van der Waals surface area contributed by atoms with Gasteiger partial charge in [0.15, 0.2) is 0 Å². The number of methoxy groups -OCH3 is 1. The van der Waals surface area contributed by atoms with Crippen LogP contribution in [0.2, 0.25) is 0 Å². The van der Waals surface area contributed by atoms with Crippen molar-refractivity contribution in [3.8, 4) is 17.2 Å². The maximum Gasteiger partial charge on any atom is 0.264 e. The molecule has 5 aromatic carbocycles. The van der Waals surface area contributed by atoms with E-state index in [0.29, 0.717) is 23.8 Å². The quantitative estimate of drug-likeness (QED) is 0.130. The summed E-state index contributed by atoms with van der Waals surface area (Å²) in [6.07, 6.45) is 0.221. The summed E-state index contributed by atoms with van der Waals surface area (Å²) < 4.78 is 41.1. The lowest BCUT2D eigenvalue weighted by Gasteiger charge is -2.34. The predicted octanol–water partition coefficient (Wildman–Crippen LogP) is 6.77. The van der Waals surface area contributed by atoms with Crippen molar-refractivity contribution in [3.63, 3.8) is 0 Å². The fraction of sp³-hybridized carbons (Fsp3) is 0.200. The third-order valence-electron chi connectivity index (χ3n) is 8.10. The number of likely N-dealkylation sites (N-methyl/N-ethyl adjacent to an activating group) is 1. The molecule has 0 aliphatic rings. The van der Waals surface area contributed by atoms with Crippen molar-refractivity contribution in [3.05, 3.63) is 150 Å². The zero-order chi connectivity index (χ0) is 35.5. The first-order chi connectivity index (χ1) is 24.2. The van der Waals surface area contributed by atoms with Gasteiger partial charge in [0.25, 0.3) is 10.0 Å². The number of rotatable bonds is 15. The molecular weight excluding hydrogens is 651 g/mol. The van der Waals surface area contributed by atoms with E-state index in [1.54, 1.807) is 55.6 Å². The van der Waals surface area contributed by atoms with E-state index in [2.05, 4.69) is 5.32 Å². The maximum atomic E-state index is 14.7. The SMILES string of the molecule is CCNC(=O)C(Cc1ccccc1)N(Cc1cccc(OC)c1)C(=O)CN(c1ccc(Oc2ccccc2)cc1)S(=O)(=O)c1ccc(C)cc1. The third kappa shape index (κ3) is 9.09. The van der Waals surface area contributed by atoms with Crippen molar-refractivity contribution in [1.29, 1.82) is 0 Å². The number of carbonyl (C=O) groups is 2. The molecule has 2 amide bonds. The van der Waals surface area contributed by atoms with E-state index >= 15 is 0 Å². The molecule has 9 nitrogen and oxygen atoms in total. The molecule has 0 aliphatic carbocycles. The van der Waals surface area contributed by atoms with Crippen LogP contribution in [0, 0.1) is 6.92 Å². The van der Waals surface area contributed by atoms with Gasteiger partial charge in [-0.3, -0.25) is 13.9 Å². The summed E-state index contributed by atoms with van der Waals surface area (Å²) >= 11 is 0. The van der Waals surface area contributed by atoms with Crippen LogP contribution in [0.15, 0.2) is 138 Å². The van der Waals surface area contributed by atoms with Crippen LogP contribution < -0.4 is 19.1 Å². The third-order valence-corrected chi connectivity index (χ3v) is 9.89. The number of nitrogens with one attached hydrogen (secondary N) is 1. The highest BCUT2D eigenvalue weighted by molar-refractivity contribution is 7.92.